The smallest absolute Gasteiger partial charge is 0.331 e. The van der Waals surface area contributed by atoms with Crippen LogP contribution in [-0.2, 0) is 20.6 Å². The first-order chi connectivity index (χ1) is 15.8. The topological polar surface area (TPSA) is 65.3 Å². The molecule has 1 aliphatic heterocycles. The van der Waals surface area contributed by atoms with Gasteiger partial charge in [0.25, 0.3) is 5.56 Å². The highest BCUT2D eigenvalue weighted by Crippen LogP contribution is 2.49. The lowest BCUT2D eigenvalue weighted by Crippen LogP contribution is -2.37. The molecule has 172 valence electrons. The van der Waals surface area contributed by atoms with Crippen LogP contribution in [0, 0.1) is 0 Å². The number of hydrogen-bond acceptors (Lipinski definition) is 5. The minimum Gasteiger partial charge on any atom is -0.448 e. The summed E-state index contributed by atoms with van der Waals surface area (Å²) in [5.41, 5.74) is 2.68. The van der Waals surface area contributed by atoms with Crippen LogP contribution >= 0.6 is 23.4 Å². The molecule has 0 saturated heterocycles. The van der Waals surface area contributed by atoms with Gasteiger partial charge in [-0.05, 0) is 43.4 Å². The van der Waals surface area contributed by atoms with E-state index in [4.69, 9.17) is 16.0 Å². The van der Waals surface area contributed by atoms with E-state index in [2.05, 4.69) is 23.6 Å². The molecule has 3 aromatic heterocycles. The zero-order valence-electron chi connectivity index (χ0n) is 18.9. The van der Waals surface area contributed by atoms with Gasteiger partial charge in [-0.15, -0.1) is 11.8 Å². The quantitative estimate of drug-likeness (QED) is 0.441. The van der Waals surface area contributed by atoms with Crippen LogP contribution in [0.1, 0.15) is 16.7 Å². The average molecular weight is 485 g/mol. The summed E-state index contributed by atoms with van der Waals surface area (Å²) in [6.45, 7) is 1.56. The number of thioether (sulfide) groups is 1. The largest absolute Gasteiger partial charge is 0.448 e. The van der Waals surface area contributed by atoms with Crippen LogP contribution in [0.2, 0.25) is 5.22 Å². The van der Waals surface area contributed by atoms with Gasteiger partial charge in [-0.25, -0.2) is 4.79 Å². The molecule has 0 N–H and O–H groups in total. The molecular formula is C24H25ClN4O3S. The summed E-state index contributed by atoms with van der Waals surface area (Å²) in [5.74, 6) is 0.710. The van der Waals surface area contributed by atoms with Crippen molar-refractivity contribution in [2.75, 3.05) is 20.6 Å². The van der Waals surface area contributed by atoms with Crippen molar-refractivity contribution in [3.63, 3.8) is 0 Å². The summed E-state index contributed by atoms with van der Waals surface area (Å²) in [6, 6.07) is 13.5. The van der Waals surface area contributed by atoms with E-state index in [0.717, 1.165) is 23.5 Å². The maximum atomic E-state index is 13.5. The Morgan fingerprint density at radius 2 is 1.82 bits per heavy atom. The van der Waals surface area contributed by atoms with E-state index in [-0.39, 0.29) is 21.7 Å². The Kier molecular flexibility index (Phi) is 5.55. The third-order valence-corrected chi connectivity index (χ3v) is 7.75. The fourth-order valence-corrected chi connectivity index (χ4v) is 6.56. The molecule has 0 spiro atoms. The van der Waals surface area contributed by atoms with Gasteiger partial charge in [-0.2, -0.15) is 0 Å². The van der Waals surface area contributed by atoms with Gasteiger partial charge in [0, 0.05) is 32.4 Å². The fourth-order valence-electron chi connectivity index (χ4n) is 4.77. The predicted octanol–water partition coefficient (Wildman–Crippen LogP) is 3.72. The van der Waals surface area contributed by atoms with Crippen LogP contribution in [-0.4, -0.2) is 44.5 Å². The minimum absolute atomic E-state index is 0.214. The zero-order valence-corrected chi connectivity index (χ0v) is 20.5. The van der Waals surface area contributed by atoms with Crippen LogP contribution in [0.5, 0.6) is 0 Å². The average Bonchev–Trinajstić information content (AvgIpc) is 3.37. The van der Waals surface area contributed by atoms with Gasteiger partial charge in [0.1, 0.15) is 11.0 Å². The number of nitrogens with zero attached hydrogens (tertiary/aromatic N) is 4. The van der Waals surface area contributed by atoms with Crippen LogP contribution in [0.4, 0.5) is 0 Å². The van der Waals surface area contributed by atoms with Crippen molar-refractivity contribution in [3.05, 3.63) is 80.0 Å². The summed E-state index contributed by atoms with van der Waals surface area (Å²) in [5, 5.41) is 0.894. The van der Waals surface area contributed by atoms with Crippen LogP contribution in [0.15, 0.2) is 56.5 Å². The highest BCUT2D eigenvalue weighted by atomic mass is 35.5. The maximum Gasteiger partial charge on any atom is 0.331 e. The molecule has 0 aliphatic carbocycles. The van der Waals surface area contributed by atoms with Crippen LogP contribution in [0.25, 0.3) is 22.2 Å². The van der Waals surface area contributed by atoms with Gasteiger partial charge in [0.15, 0.2) is 5.22 Å². The van der Waals surface area contributed by atoms with Gasteiger partial charge in [0.05, 0.1) is 22.3 Å². The van der Waals surface area contributed by atoms with E-state index in [1.807, 2.05) is 36.4 Å². The number of benzene rings is 1. The molecular weight excluding hydrogens is 460 g/mol. The Hall–Kier alpha value is -2.68. The van der Waals surface area contributed by atoms with E-state index in [0.29, 0.717) is 28.4 Å². The molecule has 0 fully saturated rings. The Morgan fingerprint density at radius 3 is 2.45 bits per heavy atom. The first-order valence-electron chi connectivity index (χ1n) is 10.7. The molecule has 0 unspecified atom stereocenters. The molecule has 1 aliphatic rings. The normalized spacial score (nSPS) is 18.2. The number of aryl methyl sites for hydroxylation is 1. The zero-order chi connectivity index (χ0) is 23.4. The molecule has 0 amide bonds. The Morgan fingerprint density at radius 1 is 1.09 bits per heavy atom. The predicted molar refractivity (Wildman–Crippen MR) is 133 cm³/mol. The second kappa shape index (κ2) is 8.27. The summed E-state index contributed by atoms with van der Waals surface area (Å²) in [4.78, 5) is 28.6. The van der Waals surface area contributed by atoms with E-state index in [1.165, 1.54) is 11.6 Å². The van der Waals surface area contributed by atoms with Crippen molar-refractivity contribution in [1.29, 1.82) is 0 Å². The lowest BCUT2D eigenvalue weighted by atomic mass is 10.1. The van der Waals surface area contributed by atoms with Crippen molar-refractivity contribution >= 4 is 34.3 Å². The molecule has 9 heteroatoms. The number of halogens is 1. The van der Waals surface area contributed by atoms with Crippen molar-refractivity contribution in [3.8, 4) is 11.3 Å². The van der Waals surface area contributed by atoms with E-state index < -0.39 is 0 Å². The van der Waals surface area contributed by atoms with Crippen molar-refractivity contribution in [1.82, 2.24) is 18.6 Å². The van der Waals surface area contributed by atoms with E-state index in [9.17, 15) is 9.59 Å². The highest BCUT2D eigenvalue weighted by molar-refractivity contribution is 8.00. The Balaban J connectivity index is 1.92. The minimum atomic E-state index is -0.350. The lowest BCUT2D eigenvalue weighted by molar-refractivity contribution is 0.388. The number of fused-ring (bicyclic) bond motifs is 3. The Labute approximate surface area is 200 Å². The molecule has 4 heterocycles. The summed E-state index contributed by atoms with van der Waals surface area (Å²) in [6.07, 6.45) is 0. The van der Waals surface area contributed by atoms with Crippen LogP contribution < -0.4 is 11.2 Å². The third-order valence-electron chi connectivity index (χ3n) is 6.14. The van der Waals surface area contributed by atoms with Crippen molar-refractivity contribution < 1.29 is 4.42 Å². The van der Waals surface area contributed by atoms with Crippen molar-refractivity contribution in [2.24, 2.45) is 14.1 Å². The molecule has 0 bridgehead atoms. The molecule has 2 atom stereocenters. The summed E-state index contributed by atoms with van der Waals surface area (Å²) >= 11 is 7.93. The van der Waals surface area contributed by atoms with Crippen LogP contribution in [0.3, 0.4) is 0 Å². The lowest BCUT2D eigenvalue weighted by Gasteiger charge is -2.33. The van der Waals surface area contributed by atoms with Gasteiger partial charge in [-0.1, -0.05) is 30.3 Å². The monoisotopic (exact) mass is 484 g/mol. The van der Waals surface area contributed by atoms with E-state index >= 15 is 0 Å². The third kappa shape index (κ3) is 3.57. The molecule has 7 nitrogen and oxygen atoms in total. The molecule has 5 rings (SSSR count). The van der Waals surface area contributed by atoms with Gasteiger partial charge < -0.3 is 13.9 Å². The Bertz CT molecular complexity index is 1470. The summed E-state index contributed by atoms with van der Waals surface area (Å²) < 4.78 is 10.9. The first kappa shape index (κ1) is 22.1. The molecule has 0 radical (unpaired) electrons. The van der Waals surface area contributed by atoms with Gasteiger partial charge in [0.2, 0.25) is 0 Å². The maximum absolute atomic E-state index is 13.5. The highest BCUT2D eigenvalue weighted by Gasteiger charge is 2.37. The van der Waals surface area contributed by atoms with Gasteiger partial charge >= 0.3 is 5.69 Å². The summed E-state index contributed by atoms with van der Waals surface area (Å²) in [7, 11) is 7.36. The number of hydrogen-bond donors (Lipinski definition) is 0. The standard InChI is InChI=1S/C24H25ClN4O3S/c1-26(2)12-15-13-29-19(14-8-6-5-7-9-14)18-20(27(3)24(31)28(4)23(18)30)21(29)22(33-15)16-10-11-17(25)32-16/h5-11,15,22H,12-13H2,1-4H3/t15-,22+/m0/s1. The molecule has 1 aromatic carbocycles. The second-order valence-corrected chi connectivity index (χ2v) is 10.5. The number of rotatable bonds is 4. The molecule has 4 aromatic rings. The SMILES string of the molecule is CN(C)C[C@H]1Cn2c(-c3ccccc3)c3c(=O)n(C)c(=O)n(C)c3c2[C@@H](c2ccc(Cl)o2)S1. The van der Waals surface area contributed by atoms with Crippen molar-refractivity contribution in [2.45, 2.75) is 17.0 Å². The number of furan rings is 1. The molecule has 33 heavy (non-hydrogen) atoms. The number of aromatic nitrogens is 3. The van der Waals surface area contributed by atoms with Gasteiger partial charge in [-0.3, -0.25) is 13.9 Å². The second-order valence-electron chi connectivity index (χ2n) is 8.68. The van der Waals surface area contributed by atoms with E-state index in [1.54, 1.807) is 29.4 Å². The first-order valence-corrected chi connectivity index (χ1v) is 12.0. The fraction of sp³-hybridized carbons (Fsp3) is 0.333. The molecule has 0 saturated carbocycles.